The van der Waals surface area contributed by atoms with Crippen molar-refractivity contribution in [3.63, 3.8) is 0 Å². The lowest BCUT2D eigenvalue weighted by atomic mass is 10.2. The summed E-state index contributed by atoms with van der Waals surface area (Å²) >= 11 is -0.112. The molecular formula is C14H15F3N2OS. The van der Waals surface area contributed by atoms with Crippen LogP contribution < -0.4 is 5.32 Å². The van der Waals surface area contributed by atoms with Crippen LogP contribution in [0.2, 0.25) is 0 Å². The molecule has 0 bridgehead atoms. The van der Waals surface area contributed by atoms with Crippen LogP contribution >= 0.6 is 11.8 Å². The molecule has 0 aliphatic carbocycles. The van der Waals surface area contributed by atoms with E-state index in [1.54, 1.807) is 18.3 Å². The molecular weight excluding hydrogens is 301 g/mol. The number of benzene rings is 1. The second-order valence-corrected chi connectivity index (χ2v) is 5.74. The summed E-state index contributed by atoms with van der Waals surface area (Å²) in [7, 11) is 0. The molecule has 0 saturated heterocycles. The van der Waals surface area contributed by atoms with Crippen molar-refractivity contribution in [2.75, 3.05) is 0 Å². The Labute approximate surface area is 124 Å². The summed E-state index contributed by atoms with van der Waals surface area (Å²) < 4.78 is 42.1. The van der Waals surface area contributed by atoms with E-state index < -0.39 is 5.51 Å². The topological polar surface area (TPSA) is 38.1 Å². The van der Waals surface area contributed by atoms with E-state index in [4.69, 9.17) is 4.42 Å². The van der Waals surface area contributed by atoms with Crippen LogP contribution in [0.4, 0.5) is 13.2 Å². The van der Waals surface area contributed by atoms with Crippen molar-refractivity contribution in [1.82, 2.24) is 10.3 Å². The Kier molecular flexibility index (Phi) is 4.95. The normalized spacial score (nSPS) is 13.4. The maximum atomic E-state index is 12.2. The van der Waals surface area contributed by atoms with Crippen molar-refractivity contribution in [3.8, 4) is 0 Å². The number of oxazole rings is 1. The number of nitrogens with one attached hydrogen (secondary N) is 1. The van der Waals surface area contributed by atoms with Crippen molar-refractivity contribution in [2.45, 2.75) is 36.8 Å². The molecule has 0 aliphatic heterocycles. The van der Waals surface area contributed by atoms with Crippen molar-refractivity contribution in [2.24, 2.45) is 0 Å². The maximum absolute atomic E-state index is 12.2. The molecule has 1 aromatic heterocycles. The lowest BCUT2D eigenvalue weighted by molar-refractivity contribution is -0.0328. The number of hydrogen-bond acceptors (Lipinski definition) is 4. The highest BCUT2D eigenvalue weighted by molar-refractivity contribution is 8.00. The van der Waals surface area contributed by atoms with Gasteiger partial charge in [0.25, 0.3) is 0 Å². The van der Waals surface area contributed by atoms with E-state index in [9.17, 15) is 13.2 Å². The Morgan fingerprint density at radius 1 is 1.29 bits per heavy atom. The van der Waals surface area contributed by atoms with Gasteiger partial charge in [-0.3, -0.25) is 0 Å². The third kappa shape index (κ3) is 5.09. The molecule has 0 unspecified atom stereocenters. The summed E-state index contributed by atoms with van der Waals surface area (Å²) in [6.45, 7) is 4.26. The summed E-state index contributed by atoms with van der Waals surface area (Å²) in [6, 6.07) is 6.22. The third-order valence-electron chi connectivity index (χ3n) is 2.78. The molecule has 0 saturated carbocycles. The number of aryl methyl sites for hydroxylation is 1. The smallest absolute Gasteiger partial charge is 0.444 e. The highest BCUT2D eigenvalue weighted by Crippen LogP contribution is 2.36. The molecule has 0 fully saturated rings. The first-order valence-electron chi connectivity index (χ1n) is 6.34. The second-order valence-electron chi connectivity index (χ2n) is 4.60. The van der Waals surface area contributed by atoms with Gasteiger partial charge in [0.15, 0.2) is 0 Å². The second kappa shape index (κ2) is 6.53. The molecule has 2 aromatic rings. The van der Waals surface area contributed by atoms with E-state index in [2.05, 4.69) is 10.3 Å². The first-order chi connectivity index (χ1) is 9.83. The van der Waals surface area contributed by atoms with Gasteiger partial charge in [-0.15, -0.1) is 0 Å². The van der Waals surface area contributed by atoms with E-state index in [0.717, 1.165) is 11.3 Å². The van der Waals surface area contributed by atoms with Crippen molar-refractivity contribution < 1.29 is 17.6 Å². The molecule has 114 valence electrons. The molecule has 0 radical (unpaired) electrons. The molecule has 1 aromatic carbocycles. The van der Waals surface area contributed by atoms with Crippen LogP contribution in [0.5, 0.6) is 0 Å². The summed E-state index contributed by atoms with van der Waals surface area (Å²) in [5.41, 5.74) is -3.35. The number of aromatic nitrogens is 1. The predicted octanol–water partition coefficient (Wildman–Crippen LogP) is 4.45. The van der Waals surface area contributed by atoms with Crippen LogP contribution in [0.1, 0.15) is 30.2 Å². The zero-order valence-electron chi connectivity index (χ0n) is 11.6. The highest BCUT2D eigenvalue weighted by atomic mass is 32.2. The SMILES string of the molecule is Cc1cnc([C@@H](C)NCc2ccc(SC(F)(F)F)cc2)o1. The van der Waals surface area contributed by atoms with Gasteiger partial charge in [0.2, 0.25) is 5.89 Å². The highest BCUT2D eigenvalue weighted by Gasteiger charge is 2.28. The van der Waals surface area contributed by atoms with Crippen LogP contribution in [-0.4, -0.2) is 10.5 Å². The Morgan fingerprint density at radius 2 is 1.95 bits per heavy atom. The maximum Gasteiger partial charge on any atom is 0.446 e. The molecule has 0 spiro atoms. The van der Waals surface area contributed by atoms with E-state index in [-0.39, 0.29) is 22.7 Å². The van der Waals surface area contributed by atoms with Gasteiger partial charge in [0.1, 0.15) is 5.76 Å². The number of thioether (sulfide) groups is 1. The largest absolute Gasteiger partial charge is 0.446 e. The molecule has 1 N–H and O–H groups in total. The molecule has 0 aliphatic rings. The van der Waals surface area contributed by atoms with E-state index in [1.807, 2.05) is 13.8 Å². The zero-order valence-corrected chi connectivity index (χ0v) is 12.4. The summed E-state index contributed by atoms with van der Waals surface area (Å²) in [6.07, 6.45) is 1.65. The number of hydrogen-bond donors (Lipinski definition) is 1. The van der Waals surface area contributed by atoms with E-state index in [0.29, 0.717) is 12.4 Å². The van der Waals surface area contributed by atoms with Crippen LogP contribution in [0.15, 0.2) is 39.8 Å². The lowest BCUT2D eigenvalue weighted by Crippen LogP contribution is -2.18. The zero-order chi connectivity index (χ0) is 15.5. The minimum absolute atomic E-state index is 0.0667. The van der Waals surface area contributed by atoms with Crippen LogP contribution in [0, 0.1) is 6.92 Å². The molecule has 1 heterocycles. The van der Waals surface area contributed by atoms with Gasteiger partial charge in [-0.2, -0.15) is 13.2 Å². The van der Waals surface area contributed by atoms with Gasteiger partial charge in [-0.05, 0) is 43.3 Å². The van der Waals surface area contributed by atoms with Gasteiger partial charge >= 0.3 is 5.51 Å². The van der Waals surface area contributed by atoms with Crippen molar-refractivity contribution in [3.05, 3.63) is 47.7 Å². The number of nitrogens with zero attached hydrogens (tertiary/aromatic N) is 1. The first-order valence-corrected chi connectivity index (χ1v) is 7.15. The molecule has 0 amide bonds. The fourth-order valence-electron chi connectivity index (χ4n) is 1.74. The minimum Gasteiger partial charge on any atom is -0.444 e. The van der Waals surface area contributed by atoms with Gasteiger partial charge in [-0.1, -0.05) is 12.1 Å². The first kappa shape index (κ1) is 15.9. The average Bonchev–Trinajstić information content (AvgIpc) is 2.82. The van der Waals surface area contributed by atoms with E-state index >= 15 is 0 Å². The quantitative estimate of drug-likeness (QED) is 0.827. The Bertz CT molecular complexity index is 581. The Morgan fingerprint density at radius 3 is 2.48 bits per heavy atom. The van der Waals surface area contributed by atoms with Gasteiger partial charge in [0, 0.05) is 11.4 Å². The van der Waals surface area contributed by atoms with E-state index in [1.165, 1.54) is 12.1 Å². The fraction of sp³-hybridized carbons (Fsp3) is 0.357. The third-order valence-corrected chi connectivity index (χ3v) is 3.52. The number of rotatable bonds is 5. The lowest BCUT2D eigenvalue weighted by Gasteiger charge is -2.11. The minimum atomic E-state index is -4.25. The van der Waals surface area contributed by atoms with Gasteiger partial charge in [-0.25, -0.2) is 4.98 Å². The monoisotopic (exact) mass is 316 g/mol. The average molecular weight is 316 g/mol. The summed E-state index contributed by atoms with van der Waals surface area (Å²) in [4.78, 5) is 4.31. The molecule has 3 nitrogen and oxygen atoms in total. The molecule has 2 rings (SSSR count). The molecule has 21 heavy (non-hydrogen) atoms. The fourth-order valence-corrected chi connectivity index (χ4v) is 2.28. The standard InChI is InChI=1S/C14H15F3N2OS/c1-9-7-19-13(20-9)10(2)18-8-11-3-5-12(6-4-11)21-14(15,16)17/h3-7,10,18H,8H2,1-2H3/t10-/m1/s1. The summed E-state index contributed by atoms with van der Waals surface area (Å²) in [5.74, 6) is 1.34. The predicted molar refractivity (Wildman–Crippen MR) is 74.8 cm³/mol. The summed E-state index contributed by atoms with van der Waals surface area (Å²) in [5, 5.41) is 3.21. The van der Waals surface area contributed by atoms with Crippen molar-refractivity contribution >= 4 is 11.8 Å². The van der Waals surface area contributed by atoms with Gasteiger partial charge < -0.3 is 9.73 Å². The van der Waals surface area contributed by atoms with Crippen molar-refractivity contribution in [1.29, 1.82) is 0 Å². The number of halogens is 3. The van der Waals surface area contributed by atoms with Gasteiger partial charge in [0.05, 0.1) is 12.2 Å². The Hall–Kier alpha value is -1.47. The van der Waals surface area contributed by atoms with Crippen LogP contribution in [0.3, 0.4) is 0 Å². The number of alkyl halides is 3. The Balaban J connectivity index is 1.89. The van der Waals surface area contributed by atoms with Crippen LogP contribution in [-0.2, 0) is 6.54 Å². The molecule has 1 atom stereocenters. The molecule has 7 heteroatoms. The van der Waals surface area contributed by atoms with Crippen LogP contribution in [0.25, 0.3) is 0 Å².